The van der Waals surface area contributed by atoms with Crippen LogP contribution in [0.4, 0.5) is 9.59 Å². The number of ether oxygens (including phenoxy) is 3. The molecule has 0 bridgehead atoms. The Morgan fingerprint density at radius 3 is 1.93 bits per heavy atom. The Morgan fingerprint density at radius 1 is 0.935 bits per heavy atom. The first-order valence-corrected chi connectivity index (χ1v) is 20.7. The summed E-state index contributed by atoms with van der Waals surface area (Å²) in [5.41, 5.74) is -1.55. The Labute approximate surface area is 289 Å². The van der Waals surface area contributed by atoms with Crippen molar-refractivity contribution in [1.29, 1.82) is 0 Å². The number of aliphatic imine (C=N–C) groups is 1. The molecule has 1 rings (SSSR count). The number of aliphatic hydroxyl groups excluding tert-OH is 1. The molecule has 6 unspecified atom stereocenters. The van der Waals surface area contributed by atoms with Gasteiger partial charge >= 0.3 is 12.2 Å². The number of hydrogen-bond donors (Lipinski definition) is 4. The van der Waals surface area contributed by atoms with Crippen LogP contribution in [0.5, 0.6) is 0 Å². The molecule has 4 N–H and O–H groups in total. The number of thioether (sulfide) groups is 3. The van der Waals surface area contributed by atoms with Crippen molar-refractivity contribution in [2.24, 2.45) is 22.7 Å². The fourth-order valence-electron chi connectivity index (χ4n) is 5.60. The van der Waals surface area contributed by atoms with E-state index in [0.29, 0.717) is 19.3 Å². The van der Waals surface area contributed by atoms with Gasteiger partial charge in [0.15, 0.2) is 0 Å². The van der Waals surface area contributed by atoms with Gasteiger partial charge in [-0.05, 0) is 97.3 Å². The number of nitrogens with zero attached hydrogens (tertiary/aromatic N) is 1. The number of carbonyl (C=O) groups is 2. The molecule has 7 atom stereocenters. The van der Waals surface area contributed by atoms with Crippen LogP contribution < -0.4 is 15.4 Å². The van der Waals surface area contributed by atoms with Crippen LogP contribution in [-0.4, -0.2) is 102 Å². The van der Waals surface area contributed by atoms with E-state index in [-0.39, 0.29) is 36.4 Å². The number of guanidine groups is 1. The van der Waals surface area contributed by atoms with Crippen molar-refractivity contribution in [2.75, 3.05) is 32.4 Å². The highest BCUT2D eigenvalue weighted by molar-refractivity contribution is 8.33. The fourth-order valence-corrected chi connectivity index (χ4v) is 10.9. The normalized spacial score (nSPS) is 24.5. The fraction of sp³-hybridized carbons (Fsp3) is 0.900. The lowest BCUT2D eigenvalue weighted by Gasteiger charge is -2.42. The number of sulfonamides is 1. The first-order valence-electron chi connectivity index (χ1n) is 15.5. The summed E-state index contributed by atoms with van der Waals surface area (Å²) in [6.45, 7) is 16.2. The van der Waals surface area contributed by atoms with Gasteiger partial charge < -0.3 is 24.6 Å². The second-order valence-electron chi connectivity index (χ2n) is 13.7. The van der Waals surface area contributed by atoms with E-state index in [4.69, 9.17) is 14.2 Å². The van der Waals surface area contributed by atoms with Gasteiger partial charge in [-0.2, -0.15) is 0 Å². The minimum absolute atomic E-state index is 0.00113. The zero-order valence-corrected chi connectivity index (χ0v) is 33.0. The highest BCUT2D eigenvalue weighted by Crippen LogP contribution is 2.47. The molecular weight excluding hydrogens is 673 g/mol. The molecule has 0 radical (unpaired) electrons. The maximum atomic E-state index is 13.8. The van der Waals surface area contributed by atoms with Crippen LogP contribution in [-0.2, 0) is 24.2 Å². The zero-order chi connectivity index (χ0) is 35.7. The van der Waals surface area contributed by atoms with E-state index < -0.39 is 54.2 Å². The predicted octanol–water partition coefficient (Wildman–Crippen LogP) is 5.26. The number of carbonyl (C=O) groups excluding carboxylic acids is 2. The van der Waals surface area contributed by atoms with E-state index >= 15 is 0 Å². The van der Waals surface area contributed by atoms with Gasteiger partial charge in [-0.25, -0.2) is 18.0 Å². The number of aliphatic hydroxyl groups is 1. The van der Waals surface area contributed by atoms with Crippen molar-refractivity contribution in [1.82, 2.24) is 15.4 Å². The molecule has 1 aliphatic carbocycles. The topological polar surface area (TPSA) is 165 Å². The van der Waals surface area contributed by atoms with Gasteiger partial charge in [0.05, 0.1) is 17.4 Å². The number of alkyl carbamates (subject to hydrolysis) is 2. The van der Waals surface area contributed by atoms with Crippen molar-refractivity contribution in [3.8, 4) is 0 Å². The van der Waals surface area contributed by atoms with Crippen molar-refractivity contribution in [3.63, 3.8) is 0 Å². The summed E-state index contributed by atoms with van der Waals surface area (Å²) in [6.07, 6.45) is 4.40. The quantitative estimate of drug-likeness (QED) is 0.0846. The maximum Gasteiger partial charge on any atom is 0.414 e. The van der Waals surface area contributed by atoms with Gasteiger partial charge in [0.2, 0.25) is 16.0 Å². The maximum absolute atomic E-state index is 13.8. The Balaban J connectivity index is 3.28. The first-order chi connectivity index (χ1) is 21.1. The summed E-state index contributed by atoms with van der Waals surface area (Å²) in [4.78, 5) is 29.8. The van der Waals surface area contributed by atoms with E-state index in [0.717, 1.165) is 0 Å². The summed E-state index contributed by atoms with van der Waals surface area (Å²) >= 11 is 4.44. The number of nitrogens with one attached hydrogen (secondary N) is 3. The van der Waals surface area contributed by atoms with Crippen LogP contribution in [0.15, 0.2) is 4.99 Å². The second kappa shape index (κ2) is 18.1. The minimum Gasteiger partial charge on any atom is -0.444 e. The molecular formula is C30H58N4O8S4. The van der Waals surface area contributed by atoms with Crippen molar-refractivity contribution in [2.45, 2.75) is 120 Å². The molecule has 0 spiro atoms. The average molecular weight is 731 g/mol. The number of hydrogen-bond acceptors (Lipinski definition) is 12. The lowest BCUT2D eigenvalue weighted by atomic mass is 9.74. The second-order valence-corrected chi connectivity index (χ2v) is 19.5. The van der Waals surface area contributed by atoms with Gasteiger partial charge in [-0.1, -0.05) is 20.8 Å². The van der Waals surface area contributed by atoms with Crippen molar-refractivity contribution in [3.05, 3.63) is 0 Å². The van der Waals surface area contributed by atoms with Crippen LogP contribution >= 0.6 is 35.3 Å². The van der Waals surface area contributed by atoms with E-state index in [9.17, 15) is 23.1 Å². The van der Waals surface area contributed by atoms with Crippen molar-refractivity contribution >= 4 is 63.5 Å². The molecule has 0 heterocycles. The third-order valence-electron chi connectivity index (χ3n) is 7.86. The lowest BCUT2D eigenvalue weighted by molar-refractivity contribution is -0.00789. The summed E-state index contributed by atoms with van der Waals surface area (Å²) in [6, 6.07) is -0.699. The molecule has 270 valence electrons. The monoisotopic (exact) mass is 730 g/mol. The van der Waals surface area contributed by atoms with Crippen LogP contribution in [0, 0.1) is 17.8 Å². The Kier molecular flexibility index (Phi) is 16.9. The van der Waals surface area contributed by atoms with E-state index in [1.807, 2.05) is 39.5 Å². The first kappa shape index (κ1) is 43.0. The van der Waals surface area contributed by atoms with Gasteiger partial charge in [-0.15, -0.1) is 35.3 Å². The molecule has 16 heteroatoms. The van der Waals surface area contributed by atoms with Crippen LogP contribution in [0.25, 0.3) is 0 Å². The summed E-state index contributed by atoms with van der Waals surface area (Å²) in [5.74, 6) is -0.681. The summed E-state index contributed by atoms with van der Waals surface area (Å²) in [5, 5.41) is 16.0. The number of methoxy groups -OCH3 is 1. The highest BCUT2D eigenvalue weighted by Gasteiger charge is 2.46. The van der Waals surface area contributed by atoms with Gasteiger partial charge in [0.25, 0.3) is 0 Å². The molecule has 0 aromatic carbocycles. The average Bonchev–Trinajstić information content (AvgIpc) is 2.91. The third-order valence-corrected chi connectivity index (χ3v) is 15.4. The third kappa shape index (κ3) is 13.1. The Hall–Kier alpha value is -1.07. The molecule has 0 aromatic heterocycles. The largest absolute Gasteiger partial charge is 0.444 e. The minimum atomic E-state index is -3.99. The molecule has 0 aromatic rings. The van der Waals surface area contributed by atoms with Crippen LogP contribution in [0.2, 0.25) is 0 Å². The predicted molar refractivity (Wildman–Crippen MR) is 192 cm³/mol. The molecule has 1 aliphatic rings. The smallest absolute Gasteiger partial charge is 0.414 e. The van der Waals surface area contributed by atoms with E-state index in [1.54, 1.807) is 48.7 Å². The van der Waals surface area contributed by atoms with Crippen LogP contribution in [0.1, 0.15) is 81.6 Å². The number of amides is 2. The van der Waals surface area contributed by atoms with Crippen LogP contribution in [0.3, 0.4) is 0 Å². The molecule has 46 heavy (non-hydrogen) atoms. The SMILES string of the molecule is COC1CC(C)C(S(=O)(=O)NC(=NCCC[C@H](NC(=O)OC(C)(C)C)C(O)C(SC)(SC)SC)NC(=O)OC(C)(C)C)C(C)C1C. The molecule has 2 amide bonds. The van der Waals surface area contributed by atoms with Crippen molar-refractivity contribution < 1.29 is 37.3 Å². The Bertz CT molecular complexity index is 1110. The molecule has 12 nitrogen and oxygen atoms in total. The zero-order valence-electron chi connectivity index (χ0n) is 29.8. The van der Waals surface area contributed by atoms with E-state index in [2.05, 4.69) is 20.3 Å². The summed E-state index contributed by atoms with van der Waals surface area (Å²) in [7, 11) is -2.36. The Morgan fingerprint density at radius 2 is 1.46 bits per heavy atom. The molecule has 0 aliphatic heterocycles. The van der Waals surface area contributed by atoms with Gasteiger partial charge in [-0.3, -0.25) is 15.0 Å². The van der Waals surface area contributed by atoms with E-state index in [1.165, 1.54) is 35.3 Å². The standard InChI is InChI=1S/C30H58N4O8S4/c1-18-17-22(40-10)19(2)20(3)23(18)46(38,39)34-25(33-27(37)42-29(7,8)9)31-16-14-15-21(32-26(36)41-28(4,5)6)24(35)30(43-11,44-12)45-13/h18-24,35H,14-17H2,1-13H3,(H,32,36)(H2,31,33,34,37)/t18?,19?,20?,21-,22?,23?,24?/m0/s1. The highest BCUT2D eigenvalue weighted by atomic mass is 32.3. The van der Waals surface area contributed by atoms with Gasteiger partial charge in [0.1, 0.15) is 20.7 Å². The molecule has 0 saturated heterocycles. The molecule has 1 fully saturated rings. The number of rotatable bonds is 13. The molecule has 1 saturated carbocycles. The van der Waals surface area contributed by atoms with Gasteiger partial charge in [0, 0.05) is 13.7 Å². The summed E-state index contributed by atoms with van der Waals surface area (Å²) < 4.78 is 45.9. The lowest BCUT2D eigenvalue weighted by Crippen LogP contribution is -2.54.